The molecule has 0 fully saturated rings. The van der Waals surface area contributed by atoms with Crippen molar-refractivity contribution in [2.45, 2.75) is 6.92 Å². The Morgan fingerprint density at radius 1 is 1.00 bits per heavy atom. The Balaban J connectivity index is 2.27. The van der Waals surface area contributed by atoms with Crippen LogP contribution in [0.2, 0.25) is 0 Å². The van der Waals surface area contributed by atoms with E-state index in [0.29, 0.717) is 5.69 Å². The maximum absolute atomic E-state index is 11.7. The molecule has 0 unspecified atom stereocenters. The van der Waals surface area contributed by atoms with E-state index in [4.69, 9.17) is 0 Å². The molecule has 2 rings (SSSR count). The minimum absolute atomic E-state index is 0.0830. The molecule has 1 N–H and O–H groups in total. The Morgan fingerprint density at radius 3 is 2.32 bits per heavy atom. The van der Waals surface area contributed by atoms with Crippen LogP contribution >= 0.6 is 0 Å². The molecule has 19 heavy (non-hydrogen) atoms. The van der Waals surface area contributed by atoms with E-state index in [1.165, 1.54) is 4.46 Å². The molecule has 100 valence electrons. The van der Waals surface area contributed by atoms with E-state index < -0.39 is 10.0 Å². The molecule has 0 heterocycles. The molecule has 0 saturated carbocycles. The van der Waals surface area contributed by atoms with Crippen molar-refractivity contribution in [2.75, 3.05) is 10.5 Å². The van der Waals surface area contributed by atoms with Gasteiger partial charge in [0.2, 0.25) is 0 Å². The van der Waals surface area contributed by atoms with Crippen LogP contribution < -0.4 is 13.6 Å². The molecule has 0 amide bonds. The second-order valence-electron chi connectivity index (χ2n) is 3.92. The maximum atomic E-state index is 11.7. The molecule has 0 aliphatic carbocycles. The van der Waals surface area contributed by atoms with Crippen LogP contribution in [0.1, 0.15) is 6.92 Å². The molecule has 0 aliphatic heterocycles. The zero-order valence-corrected chi connectivity index (χ0v) is 13.1. The molecule has 2 aromatic rings. The van der Waals surface area contributed by atoms with Crippen molar-refractivity contribution >= 4 is 39.6 Å². The molecule has 0 bridgehead atoms. The first-order chi connectivity index (χ1) is 9.11. The van der Waals surface area contributed by atoms with Crippen LogP contribution in [-0.2, 0) is 10.0 Å². The van der Waals surface area contributed by atoms with Crippen molar-refractivity contribution in [3.63, 3.8) is 0 Å². The number of nitrogens with one attached hydrogen (secondary N) is 1. The van der Waals surface area contributed by atoms with Gasteiger partial charge in [0.25, 0.3) is 0 Å². The van der Waals surface area contributed by atoms with Crippen molar-refractivity contribution in [1.29, 1.82) is 0 Å². The van der Waals surface area contributed by atoms with Crippen molar-refractivity contribution in [3.05, 3.63) is 54.6 Å². The van der Waals surface area contributed by atoms with Gasteiger partial charge in [0.1, 0.15) is 0 Å². The van der Waals surface area contributed by atoms with Gasteiger partial charge in [0.05, 0.1) is 0 Å². The van der Waals surface area contributed by atoms with E-state index in [1.54, 1.807) is 6.92 Å². The fraction of sp³-hybridized carbons (Fsp3) is 0.143. The van der Waals surface area contributed by atoms with E-state index in [0.717, 1.165) is 4.46 Å². The molecular formula is C14H15NO2SSe. The number of hydrogen-bond acceptors (Lipinski definition) is 2. The van der Waals surface area contributed by atoms with Crippen LogP contribution in [-0.4, -0.2) is 29.1 Å². The summed E-state index contributed by atoms with van der Waals surface area (Å²) in [6.07, 6.45) is 0. The van der Waals surface area contributed by atoms with Gasteiger partial charge in [-0.15, -0.1) is 0 Å². The fourth-order valence-corrected chi connectivity index (χ4v) is 4.23. The van der Waals surface area contributed by atoms with E-state index in [9.17, 15) is 8.42 Å². The van der Waals surface area contributed by atoms with Gasteiger partial charge in [0, 0.05) is 0 Å². The van der Waals surface area contributed by atoms with Crippen molar-refractivity contribution in [3.8, 4) is 0 Å². The van der Waals surface area contributed by atoms with Gasteiger partial charge < -0.3 is 0 Å². The Morgan fingerprint density at radius 2 is 1.63 bits per heavy atom. The van der Waals surface area contributed by atoms with Crippen LogP contribution in [0.15, 0.2) is 54.6 Å². The van der Waals surface area contributed by atoms with Crippen LogP contribution in [0.3, 0.4) is 0 Å². The second-order valence-corrected chi connectivity index (χ2v) is 8.27. The molecule has 0 radical (unpaired) electrons. The van der Waals surface area contributed by atoms with Crippen LogP contribution in [0, 0.1) is 0 Å². The van der Waals surface area contributed by atoms with Crippen LogP contribution in [0.4, 0.5) is 5.69 Å². The average molecular weight is 340 g/mol. The van der Waals surface area contributed by atoms with Crippen molar-refractivity contribution in [1.82, 2.24) is 0 Å². The molecule has 2 aromatic carbocycles. The third-order valence-corrected chi connectivity index (χ3v) is 6.07. The van der Waals surface area contributed by atoms with E-state index in [-0.39, 0.29) is 20.7 Å². The summed E-state index contributed by atoms with van der Waals surface area (Å²) < 4.78 is 28.2. The second kappa shape index (κ2) is 6.24. The number of sulfonamides is 1. The normalized spacial score (nSPS) is 11.2. The first kappa shape index (κ1) is 14.1. The summed E-state index contributed by atoms with van der Waals surface area (Å²) in [5, 5.41) is 0. The summed E-state index contributed by atoms with van der Waals surface area (Å²) in [7, 11) is -3.23. The Bertz CT molecular complexity index is 642. The zero-order valence-electron chi connectivity index (χ0n) is 10.5. The fourth-order valence-electron chi connectivity index (χ4n) is 1.50. The number of anilines is 1. The Kier molecular flexibility index (Phi) is 4.64. The summed E-state index contributed by atoms with van der Waals surface area (Å²) in [5.41, 5.74) is 0.688. The van der Waals surface area contributed by atoms with E-state index in [2.05, 4.69) is 16.9 Å². The summed E-state index contributed by atoms with van der Waals surface area (Å²) in [5.74, 6) is 0.0830. The predicted octanol–water partition coefficient (Wildman–Crippen LogP) is 1.10. The molecule has 0 atom stereocenters. The molecule has 3 nitrogen and oxygen atoms in total. The van der Waals surface area contributed by atoms with Crippen LogP contribution in [0.5, 0.6) is 0 Å². The summed E-state index contributed by atoms with van der Waals surface area (Å²) in [6.45, 7) is 1.63. The third-order valence-electron chi connectivity index (χ3n) is 2.50. The molecule has 5 heteroatoms. The molecule has 0 spiro atoms. The SMILES string of the molecule is CCS(=O)(=O)Nc1ccccc1[Se]c1ccccc1. The van der Waals surface area contributed by atoms with Gasteiger partial charge in [-0.25, -0.2) is 0 Å². The zero-order chi connectivity index (χ0) is 13.7. The molecule has 0 saturated heterocycles. The van der Waals surface area contributed by atoms with Gasteiger partial charge in [-0.05, 0) is 0 Å². The van der Waals surface area contributed by atoms with Gasteiger partial charge >= 0.3 is 120 Å². The predicted molar refractivity (Wildman–Crippen MR) is 81.0 cm³/mol. The molecule has 0 aromatic heterocycles. The topological polar surface area (TPSA) is 46.2 Å². The quantitative estimate of drug-likeness (QED) is 0.829. The third kappa shape index (κ3) is 4.10. The number of hydrogen-bond donors (Lipinski definition) is 1. The molecule has 0 aliphatic rings. The van der Waals surface area contributed by atoms with Gasteiger partial charge in [-0.2, -0.15) is 0 Å². The summed E-state index contributed by atoms with van der Waals surface area (Å²) in [4.78, 5) is 0. The number of benzene rings is 2. The summed E-state index contributed by atoms with van der Waals surface area (Å²) >= 11 is 0.0914. The Hall–Kier alpha value is -1.29. The van der Waals surface area contributed by atoms with Crippen LogP contribution in [0.25, 0.3) is 0 Å². The number of rotatable bonds is 5. The first-order valence-corrected chi connectivity index (χ1v) is 9.29. The summed E-state index contributed by atoms with van der Waals surface area (Å²) in [6, 6.07) is 17.7. The van der Waals surface area contributed by atoms with E-state index in [1.807, 2.05) is 42.5 Å². The van der Waals surface area contributed by atoms with Gasteiger partial charge in [-0.1, -0.05) is 0 Å². The average Bonchev–Trinajstić information content (AvgIpc) is 2.42. The number of para-hydroxylation sites is 1. The minimum atomic E-state index is -3.23. The van der Waals surface area contributed by atoms with Gasteiger partial charge in [-0.3, -0.25) is 0 Å². The monoisotopic (exact) mass is 341 g/mol. The van der Waals surface area contributed by atoms with Gasteiger partial charge in [0.15, 0.2) is 0 Å². The van der Waals surface area contributed by atoms with Crippen molar-refractivity contribution in [2.24, 2.45) is 0 Å². The Labute approximate surface area is 120 Å². The standard InChI is InChI=1S/C14H15NO2SSe/c1-2-18(16,17)15-13-10-6-7-11-14(13)19-12-8-4-3-5-9-12/h3-11,15H,2H2,1H3. The van der Waals surface area contributed by atoms with E-state index >= 15 is 0 Å². The molecular weight excluding hydrogens is 325 g/mol. The first-order valence-electron chi connectivity index (χ1n) is 5.93. The van der Waals surface area contributed by atoms with Crippen molar-refractivity contribution < 1.29 is 8.42 Å².